The number of nitrogens with one attached hydrogen (secondary N) is 2. The zero-order chi connectivity index (χ0) is 13.1. The van der Waals surface area contributed by atoms with E-state index < -0.39 is 0 Å². The molecule has 19 heavy (non-hydrogen) atoms. The molecule has 0 aliphatic rings. The van der Waals surface area contributed by atoms with Gasteiger partial charge in [-0.25, -0.2) is 9.97 Å². The van der Waals surface area contributed by atoms with Crippen LogP contribution in [0.4, 0.5) is 0 Å². The Bertz CT molecular complexity index is 706. The third-order valence-corrected chi connectivity index (χ3v) is 2.80. The van der Waals surface area contributed by atoms with E-state index in [2.05, 4.69) is 20.3 Å². The van der Waals surface area contributed by atoms with Crippen molar-refractivity contribution >= 4 is 16.8 Å². The number of imidazole rings is 1. The first-order valence-electron chi connectivity index (χ1n) is 5.95. The second kappa shape index (κ2) is 4.89. The summed E-state index contributed by atoms with van der Waals surface area (Å²) in [4.78, 5) is 23.3. The Kier molecular flexibility index (Phi) is 2.94. The number of carbonyl (C=O) groups excluding carboxylic acids is 1. The molecule has 3 aromatic rings. The lowest BCUT2D eigenvalue weighted by Crippen LogP contribution is -2.24. The van der Waals surface area contributed by atoms with Crippen LogP contribution in [0, 0.1) is 0 Å². The lowest BCUT2D eigenvalue weighted by atomic mass is 10.2. The van der Waals surface area contributed by atoms with Crippen LogP contribution in [0.1, 0.15) is 16.3 Å². The number of rotatable bonds is 3. The van der Waals surface area contributed by atoms with Gasteiger partial charge in [0, 0.05) is 17.8 Å². The Balaban J connectivity index is 1.77. The van der Waals surface area contributed by atoms with E-state index in [-0.39, 0.29) is 5.91 Å². The third-order valence-electron chi connectivity index (χ3n) is 2.80. The Morgan fingerprint density at radius 3 is 2.95 bits per heavy atom. The van der Waals surface area contributed by atoms with Crippen molar-refractivity contribution < 1.29 is 4.79 Å². The van der Waals surface area contributed by atoms with Crippen LogP contribution in [0.25, 0.3) is 10.9 Å². The highest BCUT2D eigenvalue weighted by Gasteiger charge is 2.08. The summed E-state index contributed by atoms with van der Waals surface area (Å²) in [5, 5.41) is 3.79. The maximum absolute atomic E-state index is 12.0. The van der Waals surface area contributed by atoms with Crippen molar-refractivity contribution in [3.63, 3.8) is 0 Å². The molecular weight excluding hydrogens is 240 g/mol. The van der Waals surface area contributed by atoms with Gasteiger partial charge in [-0.3, -0.25) is 4.79 Å². The average Bonchev–Trinajstić information content (AvgIpc) is 2.97. The van der Waals surface area contributed by atoms with E-state index in [1.807, 2.05) is 30.3 Å². The molecule has 2 N–H and O–H groups in total. The molecule has 3 rings (SSSR count). The van der Waals surface area contributed by atoms with Crippen LogP contribution in [0.3, 0.4) is 0 Å². The van der Waals surface area contributed by atoms with Gasteiger partial charge in [-0.15, -0.1) is 0 Å². The zero-order valence-electron chi connectivity index (χ0n) is 10.1. The van der Waals surface area contributed by atoms with Crippen molar-refractivity contribution in [2.45, 2.75) is 6.54 Å². The molecule has 5 heteroatoms. The lowest BCUT2D eigenvalue weighted by Gasteiger charge is -2.04. The second-order valence-electron chi connectivity index (χ2n) is 4.11. The van der Waals surface area contributed by atoms with Crippen LogP contribution in [0.2, 0.25) is 0 Å². The highest BCUT2D eigenvalue weighted by atomic mass is 16.1. The lowest BCUT2D eigenvalue weighted by molar-refractivity contribution is 0.0945. The normalized spacial score (nSPS) is 10.5. The predicted molar refractivity (Wildman–Crippen MR) is 71.5 cm³/mol. The summed E-state index contributed by atoms with van der Waals surface area (Å²) in [5.74, 6) is 0.510. The van der Waals surface area contributed by atoms with Gasteiger partial charge in [-0.05, 0) is 12.1 Å². The SMILES string of the molecule is O=C(NCc1ncc[nH]1)c1ccc2ccccc2n1. The van der Waals surface area contributed by atoms with Gasteiger partial charge < -0.3 is 10.3 Å². The molecule has 0 spiro atoms. The van der Waals surface area contributed by atoms with Crippen LogP contribution >= 0.6 is 0 Å². The number of pyridine rings is 1. The minimum Gasteiger partial charge on any atom is -0.347 e. The van der Waals surface area contributed by atoms with E-state index in [1.165, 1.54) is 0 Å². The van der Waals surface area contributed by atoms with Crippen molar-refractivity contribution in [2.24, 2.45) is 0 Å². The molecule has 0 aliphatic heterocycles. The number of para-hydroxylation sites is 1. The number of fused-ring (bicyclic) bond motifs is 1. The molecule has 0 radical (unpaired) electrons. The number of hydrogen-bond donors (Lipinski definition) is 2. The first-order chi connectivity index (χ1) is 9.33. The van der Waals surface area contributed by atoms with Gasteiger partial charge in [-0.1, -0.05) is 24.3 Å². The molecule has 1 aromatic carbocycles. The van der Waals surface area contributed by atoms with Gasteiger partial charge in [0.05, 0.1) is 12.1 Å². The molecule has 1 amide bonds. The fourth-order valence-corrected chi connectivity index (χ4v) is 1.84. The molecule has 0 atom stereocenters. The number of H-pyrrole nitrogens is 1. The first kappa shape index (κ1) is 11.4. The van der Waals surface area contributed by atoms with E-state index in [4.69, 9.17) is 0 Å². The summed E-state index contributed by atoms with van der Waals surface area (Å²) in [5.41, 5.74) is 1.22. The van der Waals surface area contributed by atoms with E-state index >= 15 is 0 Å². The maximum Gasteiger partial charge on any atom is 0.270 e. The average molecular weight is 252 g/mol. The van der Waals surface area contributed by atoms with E-state index in [1.54, 1.807) is 18.5 Å². The standard InChI is InChI=1S/C14H12N4O/c19-14(17-9-13-15-7-8-16-13)12-6-5-10-3-1-2-4-11(10)18-12/h1-8H,9H2,(H,15,16)(H,17,19). The van der Waals surface area contributed by atoms with Crippen molar-refractivity contribution in [1.29, 1.82) is 0 Å². The summed E-state index contributed by atoms with van der Waals surface area (Å²) in [7, 11) is 0. The molecule has 0 saturated carbocycles. The van der Waals surface area contributed by atoms with Crippen LogP contribution in [0.15, 0.2) is 48.8 Å². The van der Waals surface area contributed by atoms with E-state index in [9.17, 15) is 4.79 Å². The number of carbonyl (C=O) groups is 1. The Morgan fingerprint density at radius 1 is 1.21 bits per heavy atom. The maximum atomic E-state index is 12.0. The van der Waals surface area contributed by atoms with Crippen molar-refractivity contribution in [3.8, 4) is 0 Å². The van der Waals surface area contributed by atoms with Gasteiger partial charge in [0.15, 0.2) is 0 Å². The van der Waals surface area contributed by atoms with Gasteiger partial charge >= 0.3 is 0 Å². The number of benzene rings is 1. The monoisotopic (exact) mass is 252 g/mol. The predicted octanol–water partition coefficient (Wildman–Crippen LogP) is 1.89. The molecule has 0 aliphatic carbocycles. The van der Waals surface area contributed by atoms with Crippen molar-refractivity contribution in [1.82, 2.24) is 20.3 Å². The summed E-state index contributed by atoms with van der Waals surface area (Å²) in [6.07, 6.45) is 3.37. The van der Waals surface area contributed by atoms with Crippen molar-refractivity contribution in [2.75, 3.05) is 0 Å². The summed E-state index contributed by atoms with van der Waals surface area (Å²) in [6, 6.07) is 11.3. The zero-order valence-corrected chi connectivity index (χ0v) is 10.1. The largest absolute Gasteiger partial charge is 0.347 e. The van der Waals surface area contributed by atoms with Gasteiger partial charge in [0.2, 0.25) is 0 Å². The molecule has 2 aromatic heterocycles. The summed E-state index contributed by atoms with van der Waals surface area (Å²) in [6.45, 7) is 0.361. The Hall–Kier alpha value is -2.69. The quantitative estimate of drug-likeness (QED) is 0.747. The minimum atomic E-state index is -0.206. The van der Waals surface area contributed by atoms with Gasteiger partial charge in [-0.2, -0.15) is 0 Å². The molecular formula is C14H12N4O. The molecule has 0 fully saturated rings. The molecule has 0 saturated heterocycles. The topological polar surface area (TPSA) is 70.7 Å². The third kappa shape index (κ3) is 2.44. The fraction of sp³-hybridized carbons (Fsp3) is 0.0714. The highest BCUT2D eigenvalue weighted by Crippen LogP contribution is 2.11. The molecule has 5 nitrogen and oxygen atoms in total. The van der Waals surface area contributed by atoms with Crippen LogP contribution in [0.5, 0.6) is 0 Å². The minimum absolute atomic E-state index is 0.206. The van der Waals surface area contributed by atoms with Crippen LogP contribution in [-0.4, -0.2) is 20.9 Å². The molecule has 0 unspecified atom stereocenters. The Labute approximate surface area is 109 Å². The van der Waals surface area contributed by atoms with Gasteiger partial charge in [0.1, 0.15) is 11.5 Å². The smallest absolute Gasteiger partial charge is 0.270 e. The summed E-state index contributed by atoms with van der Waals surface area (Å²) >= 11 is 0. The number of aromatic nitrogens is 3. The van der Waals surface area contributed by atoms with Gasteiger partial charge in [0.25, 0.3) is 5.91 Å². The molecule has 2 heterocycles. The first-order valence-corrected chi connectivity index (χ1v) is 5.95. The highest BCUT2D eigenvalue weighted by molar-refractivity contribution is 5.94. The van der Waals surface area contributed by atoms with Crippen LogP contribution in [-0.2, 0) is 6.54 Å². The fourth-order valence-electron chi connectivity index (χ4n) is 1.84. The second-order valence-corrected chi connectivity index (χ2v) is 4.11. The molecule has 94 valence electrons. The number of hydrogen-bond acceptors (Lipinski definition) is 3. The van der Waals surface area contributed by atoms with E-state index in [0.29, 0.717) is 18.1 Å². The number of amides is 1. The van der Waals surface area contributed by atoms with E-state index in [0.717, 1.165) is 10.9 Å². The Morgan fingerprint density at radius 2 is 2.11 bits per heavy atom. The number of aromatic amines is 1. The number of nitrogens with zero attached hydrogens (tertiary/aromatic N) is 2. The molecule has 0 bridgehead atoms. The van der Waals surface area contributed by atoms with Crippen LogP contribution < -0.4 is 5.32 Å². The summed E-state index contributed by atoms with van der Waals surface area (Å²) < 4.78 is 0. The van der Waals surface area contributed by atoms with Crippen molar-refractivity contribution in [3.05, 3.63) is 60.3 Å².